The van der Waals surface area contributed by atoms with E-state index in [4.69, 9.17) is 0 Å². The number of carbonyl (C=O) groups is 2. The SMILES string of the molecule is O=C(Nc1sccc1C(=O)NCC1CCCNC1)c1ccc2c(c1)CCC2. The van der Waals surface area contributed by atoms with Crippen LogP contribution in [0.2, 0.25) is 0 Å². The van der Waals surface area contributed by atoms with Gasteiger partial charge in [-0.15, -0.1) is 11.3 Å². The van der Waals surface area contributed by atoms with Crippen LogP contribution in [-0.2, 0) is 12.8 Å². The van der Waals surface area contributed by atoms with Crippen molar-refractivity contribution >= 4 is 28.2 Å². The predicted molar refractivity (Wildman–Crippen MR) is 109 cm³/mol. The summed E-state index contributed by atoms with van der Waals surface area (Å²) in [6.45, 7) is 2.68. The molecule has 1 aliphatic carbocycles. The summed E-state index contributed by atoms with van der Waals surface area (Å²) < 4.78 is 0. The molecule has 0 bridgehead atoms. The Labute approximate surface area is 163 Å². The zero-order valence-electron chi connectivity index (χ0n) is 15.3. The van der Waals surface area contributed by atoms with Crippen LogP contribution in [0.1, 0.15) is 51.1 Å². The first-order chi connectivity index (χ1) is 13.2. The van der Waals surface area contributed by atoms with E-state index in [1.807, 2.05) is 17.5 Å². The first-order valence-corrected chi connectivity index (χ1v) is 10.6. The maximum Gasteiger partial charge on any atom is 0.256 e. The number of anilines is 1. The molecule has 1 unspecified atom stereocenters. The summed E-state index contributed by atoms with van der Waals surface area (Å²) in [5.41, 5.74) is 3.81. The second-order valence-electron chi connectivity index (χ2n) is 7.38. The maximum absolute atomic E-state index is 12.6. The quantitative estimate of drug-likeness (QED) is 0.742. The fourth-order valence-electron chi connectivity index (χ4n) is 3.90. The monoisotopic (exact) mass is 383 g/mol. The van der Waals surface area contributed by atoms with Gasteiger partial charge in [0.25, 0.3) is 11.8 Å². The summed E-state index contributed by atoms with van der Waals surface area (Å²) in [6, 6.07) is 7.69. The molecule has 1 aliphatic heterocycles. The normalized spacial score (nSPS) is 18.7. The van der Waals surface area contributed by atoms with Crippen LogP contribution in [0.3, 0.4) is 0 Å². The van der Waals surface area contributed by atoms with Crippen molar-refractivity contribution in [3.05, 3.63) is 51.9 Å². The van der Waals surface area contributed by atoms with Gasteiger partial charge in [-0.1, -0.05) is 6.07 Å². The molecular weight excluding hydrogens is 358 g/mol. The first-order valence-electron chi connectivity index (χ1n) is 9.70. The third-order valence-electron chi connectivity index (χ3n) is 5.45. The number of thiophene rings is 1. The number of aryl methyl sites for hydroxylation is 2. The Morgan fingerprint density at radius 3 is 2.85 bits per heavy atom. The van der Waals surface area contributed by atoms with E-state index in [-0.39, 0.29) is 11.8 Å². The molecule has 0 saturated carbocycles. The number of fused-ring (bicyclic) bond motifs is 1. The molecule has 3 N–H and O–H groups in total. The molecule has 0 spiro atoms. The number of nitrogens with one attached hydrogen (secondary N) is 3. The lowest BCUT2D eigenvalue weighted by Gasteiger charge is -2.22. The van der Waals surface area contributed by atoms with Gasteiger partial charge in [-0.25, -0.2) is 0 Å². The number of piperidine rings is 1. The van der Waals surface area contributed by atoms with Gasteiger partial charge in [0, 0.05) is 12.1 Å². The smallest absolute Gasteiger partial charge is 0.256 e. The van der Waals surface area contributed by atoms with E-state index in [0.29, 0.717) is 28.6 Å². The van der Waals surface area contributed by atoms with Crippen molar-refractivity contribution in [2.45, 2.75) is 32.1 Å². The number of hydrogen-bond acceptors (Lipinski definition) is 4. The summed E-state index contributed by atoms with van der Waals surface area (Å²) in [4.78, 5) is 25.2. The number of carbonyl (C=O) groups excluding carboxylic acids is 2. The Bertz CT molecular complexity index is 840. The molecule has 2 amide bonds. The van der Waals surface area contributed by atoms with Gasteiger partial charge in [0.15, 0.2) is 0 Å². The Hall–Kier alpha value is -2.18. The number of rotatable bonds is 5. The molecule has 1 saturated heterocycles. The van der Waals surface area contributed by atoms with Gasteiger partial charge in [-0.05, 0) is 85.8 Å². The Morgan fingerprint density at radius 1 is 1.11 bits per heavy atom. The van der Waals surface area contributed by atoms with Crippen LogP contribution in [0.15, 0.2) is 29.6 Å². The highest BCUT2D eigenvalue weighted by atomic mass is 32.1. The van der Waals surface area contributed by atoms with Crippen LogP contribution in [-0.4, -0.2) is 31.4 Å². The number of benzene rings is 1. The van der Waals surface area contributed by atoms with E-state index in [9.17, 15) is 9.59 Å². The molecule has 1 atom stereocenters. The van der Waals surface area contributed by atoms with Crippen LogP contribution in [0, 0.1) is 5.92 Å². The molecule has 2 aliphatic rings. The second-order valence-corrected chi connectivity index (χ2v) is 8.29. The zero-order chi connectivity index (χ0) is 18.6. The fraction of sp³-hybridized carbons (Fsp3) is 0.429. The van der Waals surface area contributed by atoms with Crippen LogP contribution >= 0.6 is 11.3 Å². The molecule has 1 aromatic carbocycles. The van der Waals surface area contributed by atoms with Crippen molar-refractivity contribution in [1.82, 2.24) is 10.6 Å². The average Bonchev–Trinajstić information content (AvgIpc) is 3.35. The Balaban J connectivity index is 1.39. The molecule has 0 radical (unpaired) electrons. The second kappa shape index (κ2) is 8.23. The highest BCUT2D eigenvalue weighted by Crippen LogP contribution is 2.26. The Kier molecular flexibility index (Phi) is 5.55. The molecular formula is C21H25N3O2S. The molecule has 142 valence electrons. The van der Waals surface area contributed by atoms with E-state index in [1.54, 1.807) is 6.07 Å². The van der Waals surface area contributed by atoms with Crippen molar-refractivity contribution < 1.29 is 9.59 Å². The summed E-state index contributed by atoms with van der Waals surface area (Å²) in [5.74, 6) is 0.203. The molecule has 4 rings (SSSR count). The molecule has 2 aromatic rings. The molecule has 1 fully saturated rings. The van der Waals surface area contributed by atoms with Crippen LogP contribution in [0.25, 0.3) is 0 Å². The number of hydrogen-bond donors (Lipinski definition) is 3. The number of amides is 2. The largest absolute Gasteiger partial charge is 0.352 e. The van der Waals surface area contributed by atoms with Gasteiger partial charge in [0.05, 0.1) is 5.56 Å². The topological polar surface area (TPSA) is 70.2 Å². The van der Waals surface area contributed by atoms with Crippen molar-refractivity contribution in [3.8, 4) is 0 Å². The van der Waals surface area contributed by atoms with Gasteiger partial charge >= 0.3 is 0 Å². The van der Waals surface area contributed by atoms with Crippen molar-refractivity contribution in [1.29, 1.82) is 0 Å². The lowest BCUT2D eigenvalue weighted by atomic mass is 10.00. The first kappa shape index (κ1) is 18.2. The Morgan fingerprint density at radius 2 is 2.00 bits per heavy atom. The third-order valence-corrected chi connectivity index (χ3v) is 6.28. The van der Waals surface area contributed by atoms with E-state index in [0.717, 1.165) is 45.2 Å². The minimum Gasteiger partial charge on any atom is -0.352 e. The molecule has 6 heteroatoms. The molecule has 5 nitrogen and oxygen atoms in total. The van der Waals surface area contributed by atoms with Crippen LogP contribution < -0.4 is 16.0 Å². The summed E-state index contributed by atoms with van der Waals surface area (Å²) in [5, 5.41) is 11.8. The van der Waals surface area contributed by atoms with Gasteiger partial charge in [-0.2, -0.15) is 0 Å². The highest BCUT2D eigenvalue weighted by molar-refractivity contribution is 7.14. The third kappa shape index (κ3) is 4.22. The van der Waals surface area contributed by atoms with Crippen LogP contribution in [0.4, 0.5) is 5.00 Å². The zero-order valence-corrected chi connectivity index (χ0v) is 16.2. The van der Waals surface area contributed by atoms with Gasteiger partial charge in [-0.3, -0.25) is 9.59 Å². The molecule has 2 heterocycles. The minimum absolute atomic E-state index is 0.119. The van der Waals surface area contributed by atoms with Gasteiger partial charge in [0.2, 0.25) is 0 Å². The van der Waals surface area contributed by atoms with Crippen molar-refractivity contribution in [2.24, 2.45) is 5.92 Å². The van der Waals surface area contributed by atoms with Gasteiger partial charge in [0.1, 0.15) is 5.00 Å². The van der Waals surface area contributed by atoms with Gasteiger partial charge < -0.3 is 16.0 Å². The summed E-state index contributed by atoms with van der Waals surface area (Å²) in [6.07, 6.45) is 5.59. The lowest BCUT2D eigenvalue weighted by Crippen LogP contribution is -2.38. The minimum atomic E-state index is -0.155. The van der Waals surface area contributed by atoms with E-state index < -0.39 is 0 Å². The molecule has 27 heavy (non-hydrogen) atoms. The predicted octanol–water partition coefficient (Wildman–Crippen LogP) is 3.22. The molecule has 1 aromatic heterocycles. The van der Waals surface area contributed by atoms with Crippen molar-refractivity contribution in [3.63, 3.8) is 0 Å². The van der Waals surface area contributed by atoms with Crippen LogP contribution in [0.5, 0.6) is 0 Å². The highest BCUT2D eigenvalue weighted by Gasteiger charge is 2.19. The maximum atomic E-state index is 12.6. The standard InChI is InChI=1S/C21H25N3O2S/c25-19(17-7-6-15-4-1-5-16(15)11-17)24-21-18(8-10-27-21)20(26)23-13-14-3-2-9-22-12-14/h6-8,10-11,14,22H,1-5,9,12-13H2,(H,23,26)(H,24,25). The van der Waals surface area contributed by atoms with E-state index >= 15 is 0 Å². The summed E-state index contributed by atoms with van der Waals surface area (Å²) >= 11 is 1.38. The fourth-order valence-corrected chi connectivity index (χ4v) is 4.68. The van der Waals surface area contributed by atoms with E-state index in [1.165, 1.54) is 22.5 Å². The van der Waals surface area contributed by atoms with E-state index in [2.05, 4.69) is 22.0 Å². The lowest BCUT2D eigenvalue weighted by molar-refractivity contribution is 0.0946. The van der Waals surface area contributed by atoms with Crippen molar-refractivity contribution in [2.75, 3.05) is 25.0 Å². The summed E-state index contributed by atoms with van der Waals surface area (Å²) in [7, 11) is 0. The average molecular weight is 384 g/mol.